The zero-order valence-corrected chi connectivity index (χ0v) is 13.2. The van der Waals surface area contributed by atoms with Gasteiger partial charge in [-0.25, -0.2) is 4.39 Å². The monoisotopic (exact) mass is 328 g/mol. The summed E-state index contributed by atoms with van der Waals surface area (Å²) < 4.78 is 14.6. The Balaban J connectivity index is 1.94. The number of nitrogens with zero attached hydrogens (tertiary/aromatic N) is 1. The smallest absolute Gasteiger partial charge is 0.146 e. The third kappa shape index (κ3) is 3.93. The predicted molar refractivity (Wildman–Crippen MR) is 82.0 cm³/mol. The molecule has 0 spiro atoms. The van der Waals surface area contributed by atoms with Gasteiger partial charge >= 0.3 is 0 Å². The van der Waals surface area contributed by atoms with E-state index in [1.807, 2.05) is 6.07 Å². The number of nitrogens with one attached hydrogen (secondary N) is 1. The fourth-order valence-corrected chi connectivity index (χ4v) is 3.10. The van der Waals surface area contributed by atoms with Crippen LogP contribution in [0.5, 0.6) is 0 Å². The van der Waals surface area contributed by atoms with Crippen molar-refractivity contribution in [1.29, 1.82) is 0 Å². The van der Waals surface area contributed by atoms with E-state index in [2.05, 4.69) is 40.0 Å². The Kier molecular flexibility index (Phi) is 5.22. The molecule has 1 aromatic carbocycles. The third-order valence-corrected chi connectivity index (χ3v) is 4.59. The van der Waals surface area contributed by atoms with E-state index in [4.69, 9.17) is 0 Å². The number of anilines is 1. The second kappa shape index (κ2) is 6.71. The quantitative estimate of drug-likeness (QED) is 0.894. The van der Waals surface area contributed by atoms with Gasteiger partial charge in [0.1, 0.15) is 5.82 Å². The van der Waals surface area contributed by atoms with E-state index < -0.39 is 0 Å². The molecule has 0 aliphatic carbocycles. The highest BCUT2D eigenvalue weighted by atomic mass is 79.9. The van der Waals surface area contributed by atoms with Gasteiger partial charge < -0.3 is 10.2 Å². The van der Waals surface area contributed by atoms with E-state index in [0.29, 0.717) is 17.6 Å². The molecular weight excluding hydrogens is 307 g/mol. The van der Waals surface area contributed by atoms with E-state index in [1.165, 1.54) is 18.9 Å². The topological polar surface area (TPSA) is 15.3 Å². The first-order valence-corrected chi connectivity index (χ1v) is 7.83. The highest BCUT2D eigenvalue weighted by molar-refractivity contribution is 9.10. The Bertz CT molecular complexity index is 417. The number of rotatable bonds is 4. The zero-order valence-electron chi connectivity index (χ0n) is 11.6. The van der Waals surface area contributed by atoms with Crippen molar-refractivity contribution >= 4 is 21.6 Å². The fraction of sp³-hybridized carbons (Fsp3) is 0.600. The number of hydrogen-bond donors (Lipinski definition) is 1. The van der Waals surface area contributed by atoms with Crippen LogP contribution in [0.4, 0.5) is 10.1 Å². The Hall–Kier alpha value is -0.610. The molecule has 0 amide bonds. The van der Waals surface area contributed by atoms with E-state index in [0.717, 1.165) is 24.1 Å². The molecule has 4 heteroatoms. The van der Waals surface area contributed by atoms with Crippen LogP contribution < -0.4 is 5.32 Å². The molecule has 0 aromatic heterocycles. The van der Waals surface area contributed by atoms with E-state index in [-0.39, 0.29) is 5.82 Å². The van der Waals surface area contributed by atoms with Gasteiger partial charge in [-0.05, 0) is 63.5 Å². The third-order valence-electron chi connectivity index (χ3n) is 4.10. The Labute approximate surface area is 123 Å². The van der Waals surface area contributed by atoms with E-state index >= 15 is 0 Å². The first kappa shape index (κ1) is 14.8. The molecule has 1 unspecified atom stereocenters. The van der Waals surface area contributed by atoms with Gasteiger partial charge in [-0.2, -0.15) is 0 Å². The number of benzene rings is 1. The summed E-state index contributed by atoms with van der Waals surface area (Å²) in [6.45, 7) is 7.82. The highest BCUT2D eigenvalue weighted by Crippen LogP contribution is 2.26. The van der Waals surface area contributed by atoms with Gasteiger partial charge in [0.25, 0.3) is 0 Å². The Morgan fingerprint density at radius 1 is 1.42 bits per heavy atom. The summed E-state index contributed by atoms with van der Waals surface area (Å²) in [6.07, 6.45) is 2.38. The Morgan fingerprint density at radius 2 is 2.11 bits per heavy atom. The summed E-state index contributed by atoms with van der Waals surface area (Å²) in [7, 11) is 0. The second-order valence-corrected chi connectivity index (χ2v) is 6.24. The Morgan fingerprint density at radius 3 is 2.74 bits per heavy atom. The first-order chi connectivity index (χ1) is 9.10. The molecule has 1 aromatic rings. The maximum Gasteiger partial charge on any atom is 0.146 e. The summed E-state index contributed by atoms with van der Waals surface area (Å²) in [6, 6.07) is 5.35. The van der Waals surface area contributed by atoms with Gasteiger partial charge in [0.2, 0.25) is 0 Å². The molecule has 19 heavy (non-hydrogen) atoms. The lowest BCUT2D eigenvalue weighted by Crippen LogP contribution is -2.39. The minimum Gasteiger partial charge on any atom is -0.380 e. The molecule has 0 radical (unpaired) electrons. The standard InChI is InChI=1S/C15H22BrFN2/c1-3-19-8-6-12(7-9-19)11(2)18-15-10-13(16)4-5-14(15)17/h4-5,10-12,18H,3,6-9H2,1-2H3. The molecule has 0 saturated carbocycles. The van der Waals surface area contributed by atoms with Crippen molar-refractivity contribution in [2.75, 3.05) is 25.0 Å². The van der Waals surface area contributed by atoms with Gasteiger partial charge in [-0.3, -0.25) is 0 Å². The van der Waals surface area contributed by atoms with Crippen molar-refractivity contribution in [3.05, 3.63) is 28.5 Å². The van der Waals surface area contributed by atoms with Crippen LogP contribution in [0.25, 0.3) is 0 Å². The minimum atomic E-state index is -0.180. The molecule has 1 aliphatic rings. The van der Waals surface area contributed by atoms with Crippen molar-refractivity contribution in [3.63, 3.8) is 0 Å². The van der Waals surface area contributed by atoms with Crippen LogP contribution in [-0.2, 0) is 0 Å². The lowest BCUT2D eigenvalue weighted by atomic mass is 9.90. The van der Waals surface area contributed by atoms with Crippen molar-refractivity contribution in [2.24, 2.45) is 5.92 Å². The highest BCUT2D eigenvalue weighted by Gasteiger charge is 2.23. The van der Waals surface area contributed by atoms with Crippen LogP contribution >= 0.6 is 15.9 Å². The van der Waals surface area contributed by atoms with Gasteiger partial charge in [0, 0.05) is 10.5 Å². The van der Waals surface area contributed by atoms with Gasteiger partial charge in [-0.15, -0.1) is 0 Å². The largest absolute Gasteiger partial charge is 0.380 e. The molecular formula is C15H22BrFN2. The van der Waals surface area contributed by atoms with Crippen LogP contribution in [0.3, 0.4) is 0 Å². The molecule has 2 rings (SSSR count). The summed E-state index contributed by atoms with van der Waals surface area (Å²) in [5, 5.41) is 3.33. The second-order valence-electron chi connectivity index (χ2n) is 5.33. The predicted octanol–water partition coefficient (Wildman–Crippen LogP) is 4.12. The minimum absolute atomic E-state index is 0.180. The van der Waals surface area contributed by atoms with Crippen LogP contribution in [0.2, 0.25) is 0 Å². The van der Waals surface area contributed by atoms with Gasteiger partial charge in [-0.1, -0.05) is 22.9 Å². The van der Waals surface area contributed by atoms with Crippen molar-refractivity contribution in [2.45, 2.75) is 32.7 Å². The molecule has 1 saturated heterocycles. The fourth-order valence-electron chi connectivity index (χ4n) is 2.74. The van der Waals surface area contributed by atoms with Crippen LogP contribution in [0.1, 0.15) is 26.7 Å². The maximum absolute atomic E-state index is 13.7. The molecule has 0 bridgehead atoms. The molecule has 1 aliphatic heterocycles. The normalized spacial score (nSPS) is 19.4. The molecule has 1 heterocycles. The molecule has 1 fully saturated rings. The lowest BCUT2D eigenvalue weighted by molar-refractivity contribution is 0.183. The number of halogens is 2. The number of likely N-dealkylation sites (tertiary alicyclic amines) is 1. The van der Waals surface area contributed by atoms with Crippen LogP contribution in [0, 0.1) is 11.7 Å². The molecule has 106 valence electrons. The van der Waals surface area contributed by atoms with Crippen molar-refractivity contribution < 1.29 is 4.39 Å². The molecule has 2 nitrogen and oxygen atoms in total. The van der Waals surface area contributed by atoms with Crippen LogP contribution in [-0.4, -0.2) is 30.6 Å². The summed E-state index contributed by atoms with van der Waals surface area (Å²) >= 11 is 3.39. The number of hydrogen-bond acceptors (Lipinski definition) is 2. The molecule has 1 N–H and O–H groups in total. The maximum atomic E-state index is 13.7. The van der Waals surface area contributed by atoms with E-state index in [9.17, 15) is 4.39 Å². The van der Waals surface area contributed by atoms with Crippen molar-refractivity contribution in [1.82, 2.24) is 4.90 Å². The average molecular weight is 329 g/mol. The first-order valence-electron chi connectivity index (χ1n) is 7.04. The van der Waals surface area contributed by atoms with Gasteiger partial charge in [0.15, 0.2) is 0 Å². The zero-order chi connectivity index (χ0) is 13.8. The van der Waals surface area contributed by atoms with Crippen molar-refractivity contribution in [3.8, 4) is 0 Å². The SMILES string of the molecule is CCN1CCC(C(C)Nc2cc(Br)ccc2F)CC1. The van der Waals surface area contributed by atoms with E-state index in [1.54, 1.807) is 6.07 Å². The average Bonchev–Trinajstić information content (AvgIpc) is 2.43. The van der Waals surface area contributed by atoms with Gasteiger partial charge in [0.05, 0.1) is 5.69 Å². The summed E-state index contributed by atoms with van der Waals surface area (Å²) in [5.41, 5.74) is 0.597. The van der Waals surface area contributed by atoms with Crippen LogP contribution in [0.15, 0.2) is 22.7 Å². The summed E-state index contributed by atoms with van der Waals surface area (Å²) in [4.78, 5) is 2.48. The summed E-state index contributed by atoms with van der Waals surface area (Å²) in [5.74, 6) is 0.447. The lowest BCUT2D eigenvalue weighted by Gasteiger charge is -2.34. The number of piperidine rings is 1. The molecule has 1 atom stereocenters.